The molecule has 0 atom stereocenters. The molecule has 0 spiro atoms. The lowest BCUT2D eigenvalue weighted by atomic mass is 10.1. The normalized spacial score (nSPS) is 16.4. The maximum Gasteiger partial charge on any atom is 0.234 e. The fraction of sp³-hybridized carbons (Fsp3) is 0.588. The fourth-order valence-corrected chi connectivity index (χ4v) is 2.81. The van der Waals surface area contributed by atoms with Crippen LogP contribution in [0.1, 0.15) is 36.8 Å². The number of hydrogen-bond donors (Lipinski definition) is 2. The first-order valence-corrected chi connectivity index (χ1v) is 7.99. The van der Waals surface area contributed by atoms with E-state index in [9.17, 15) is 4.79 Å². The summed E-state index contributed by atoms with van der Waals surface area (Å²) in [5, 5.41) is 5.78. The molecule has 4 nitrogen and oxygen atoms in total. The fourth-order valence-electron chi connectivity index (χ4n) is 2.81. The van der Waals surface area contributed by atoms with E-state index in [4.69, 9.17) is 0 Å². The molecule has 116 valence electrons. The summed E-state index contributed by atoms with van der Waals surface area (Å²) >= 11 is 0. The quantitative estimate of drug-likeness (QED) is 0.840. The maximum absolute atomic E-state index is 11.5. The Labute approximate surface area is 127 Å². The van der Waals surface area contributed by atoms with Gasteiger partial charge in [-0.25, -0.2) is 0 Å². The van der Waals surface area contributed by atoms with Crippen LogP contribution in [0.3, 0.4) is 0 Å². The molecule has 1 saturated heterocycles. The Morgan fingerprint density at radius 1 is 1.14 bits per heavy atom. The maximum atomic E-state index is 11.5. The van der Waals surface area contributed by atoms with Crippen molar-refractivity contribution in [3.05, 3.63) is 35.4 Å². The van der Waals surface area contributed by atoms with Crippen LogP contribution in [-0.2, 0) is 17.9 Å². The van der Waals surface area contributed by atoms with Crippen LogP contribution in [-0.4, -0.2) is 37.5 Å². The molecule has 21 heavy (non-hydrogen) atoms. The minimum atomic E-state index is 0.0374. The number of carbonyl (C=O) groups excluding carboxylic acids is 1. The zero-order valence-electron chi connectivity index (χ0n) is 13.0. The molecule has 1 amide bonds. The van der Waals surface area contributed by atoms with Gasteiger partial charge < -0.3 is 10.6 Å². The smallest absolute Gasteiger partial charge is 0.234 e. The standard InChI is InChI=1S/C17H27N3O/c1-18-13-17(21)19-12-15-7-6-8-16(11-15)14-20-9-4-2-3-5-10-20/h6-8,11,18H,2-5,9-10,12-14H2,1H3,(H,19,21). The molecule has 0 unspecified atom stereocenters. The van der Waals surface area contributed by atoms with Crippen LogP contribution < -0.4 is 10.6 Å². The number of hydrogen-bond acceptors (Lipinski definition) is 3. The minimum absolute atomic E-state index is 0.0374. The Morgan fingerprint density at radius 3 is 2.57 bits per heavy atom. The van der Waals surface area contributed by atoms with Gasteiger partial charge in [-0.1, -0.05) is 37.1 Å². The molecule has 1 fully saturated rings. The Bertz CT molecular complexity index is 439. The van der Waals surface area contributed by atoms with Gasteiger partial charge in [0.25, 0.3) is 0 Å². The highest BCUT2D eigenvalue weighted by molar-refractivity contribution is 5.77. The number of likely N-dealkylation sites (tertiary alicyclic amines) is 1. The first-order valence-electron chi connectivity index (χ1n) is 7.99. The van der Waals surface area contributed by atoms with Gasteiger partial charge in [-0.05, 0) is 44.1 Å². The Balaban J connectivity index is 1.86. The predicted octanol–water partition coefficient (Wildman–Crippen LogP) is 1.90. The van der Waals surface area contributed by atoms with E-state index < -0.39 is 0 Å². The van der Waals surface area contributed by atoms with Crippen molar-refractivity contribution in [2.75, 3.05) is 26.7 Å². The predicted molar refractivity (Wildman–Crippen MR) is 86.0 cm³/mol. The van der Waals surface area contributed by atoms with E-state index in [1.165, 1.54) is 49.9 Å². The molecule has 2 rings (SSSR count). The van der Waals surface area contributed by atoms with E-state index in [-0.39, 0.29) is 5.91 Å². The van der Waals surface area contributed by atoms with Gasteiger partial charge in [0.1, 0.15) is 0 Å². The van der Waals surface area contributed by atoms with E-state index in [1.54, 1.807) is 7.05 Å². The Morgan fingerprint density at radius 2 is 1.86 bits per heavy atom. The summed E-state index contributed by atoms with van der Waals surface area (Å²) in [6.07, 6.45) is 5.38. The number of nitrogens with one attached hydrogen (secondary N) is 2. The monoisotopic (exact) mass is 289 g/mol. The summed E-state index contributed by atoms with van der Waals surface area (Å²) in [4.78, 5) is 14.0. The number of benzene rings is 1. The molecule has 4 heteroatoms. The summed E-state index contributed by atoms with van der Waals surface area (Å²) < 4.78 is 0. The average Bonchev–Trinajstić information content (AvgIpc) is 2.75. The minimum Gasteiger partial charge on any atom is -0.351 e. The van der Waals surface area contributed by atoms with E-state index in [1.807, 2.05) is 0 Å². The third-order valence-corrected chi connectivity index (χ3v) is 3.92. The van der Waals surface area contributed by atoms with Crippen molar-refractivity contribution in [2.24, 2.45) is 0 Å². The lowest BCUT2D eigenvalue weighted by Gasteiger charge is -2.20. The van der Waals surface area contributed by atoms with Crippen LogP contribution in [0.4, 0.5) is 0 Å². The lowest BCUT2D eigenvalue weighted by molar-refractivity contribution is -0.120. The van der Waals surface area contributed by atoms with Gasteiger partial charge in [-0.15, -0.1) is 0 Å². The van der Waals surface area contributed by atoms with E-state index in [2.05, 4.69) is 39.8 Å². The van der Waals surface area contributed by atoms with Crippen molar-refractivity contribution < 1.29 is 4.79 Å². The highest BCUT2D eigenvalue weighted by atomic mass is 16.1. The molecule has 1 heterocycles. The molecule has 0 bridgehead atoms. The van der Waals surface area contributed by atoms with Crippen LogP contribution in [0.5, 0.6) is 0 Å². The lowest BCUT2D eigenvalue weighted by Crippen LogP contribution is -2.31. The molecule has 1 aliphatic heterocycles. The molecule has 0 aromatic heterocycles. The van der Waals surface area contributed by atoms with Crippen LogP contribution in [0.25, 0.3) is 0 Å². The molecule has 1 aliphatic rings. The summed E-state index contributed by atoms with van der Waals surface area (Å²) in [5.41, 5.74) is 2.52. The van der Waals surface area contributed by atoms with Gasteiger partial charge in [0, 0.05) is 13.1 Å². The Hall–Kier alpha value is -1.39. The Kier molecular flexibility index (Phi) is 6.70. The third kappa shape index (κ3) is 5.86. The van der Waals surface area contributed by atoms with Crippen LogP contribution in [0, 0.1) is 0 Å². The number of amides is 1. The summed E-state index contributed by atoms with van der Waals surface area (Å²) in [5.74, 6) is 0.0374. The SMILES string of the molecule is CNCC(=O)NCc1cccc(CN2CCCCCC2)c1. The molecule has 0 saturated carbocycles. The van der Waals surface area contributed by atoms with Gasteiger partial charge in [-0.2, -0.15) is 0 Å². The zero-order chi connectivity index (χ0) is 14.9. The highest BCUT2D eigenvalue weighted by Gasteiger charge is 2.09. The molecular formula is C17H27N3O. The topological polar surface area (TPSA) is 44.4 Å². The van der Waals surface area contributed by atoms with E-state index >= 15 is 0 Å². The summed E-state index contributed by atoms with van der Waals surface area (Å²) in [7, 11) is 1.78. The average molecular weight is 289 g/mol. The van der Waals surface area contributed by atoms with Gasteiger partial charge in [0.05, 0.1) is 6.54 Å². The largest absolute Gasteiger partial charge is 0.351 e. The number of rotatable bonds is 6. The molecule has 2 N–H and O–H groups in total. The van der Waals surface area contributed by atoms with Crippen molar-refractivity contribution in [3.63, 3.8) is 0 Å². The van der Waals surface area contributed by atoms with Gasteiger partial charge >= 0.3 is 0 Å². The van der Waals surface area contributed by atoms with Crippen LogP contribution in [0.15, 0.2) is 24.3 Å². The second-order valence-corrected chi connectivity index (χ2v) is 5.82. The highest BCUT2D eigenvalue weighted by Crippen LogP contribution is 2.14. The van der Waals surface area contributed by atoms with Gasteiger partial charge in [-0.3, -0.25) is 9.69 Å². The molecular weight excluding hydrogens is 262 g/mol. The molecule has 1 aromatic carbocycles. The number of carbonyl (C=O) groups is 1. The third-order valence-electron chi connectivity index (χ3n) is 3.92. The first kappa shape index (κ1) is 16.0. The van der Waals surface area contributed by atoms with Crippen molar-refractivity contribution in [1.82, 2.24) is 15.5 Å². The van der Waals surface area contributed by atoms with Crippen molar-refractivity contribution >= 4 is 5.91 Å². The van der Waals surface area contributed by atoms with E-state index in [0.717, 1.165) is 6.54 Å². The van der Waals surface area contributed by atoms with Gasteiger partial charge in [0.15, 0.2) is 0 Å². The molecule has 0 radical (unpaired) electrons. The number of likely N-dealkylation sites (N-methyl/N-ethyl adjacent to an activating group) is 1. The van der Waals surface area contributed by atoms with Crippen LogP contribution in [0.2, 0.25) is 0 Å². The number of nitrogens with zero attached hydrogens (tertiary/aromatic N) is 1. The van der Waals surface area contributed by atoms with Gasteiger partial charge in [0.2, 0.25) is 5.91 Å². The van der Waals surface area contributed by atoms with Crippen molar-refractivity contribution in [1.29, 1.82) is 0 Å². The van der Waals surface area contributed by atoms with Crippen molar-refractivity contribution in [3.8, 4) is 0 Å². The zero-order valence-corrected chi connectivity index (χ0v) is 13.0. The van der Waals surface area contributed by atoms with Crippen molar-refractivity contribution in [2.45, 2.75) is 38.8 Å². The first-order chi connectivity index (χ1) is 10.3. The summed E-state index contributed by atoms with van der Waals surface area (Å²) in [6, 6.07) is 8.56. The second kappa shape index (κ2) is 8.80. The summed E-state index contributed by atoms with van der Waals surface area (Å²) in [6.45, 7) is 4.42. The van der Waals surface area contributed by atoms with E-state index in [0.29, 0.717) is 13.1 Å². The molecule has 1 aromatic rings. The second-order valence-electron chi connectivity index (χ2n) is 5.82. The molecule has 0 aliphatic carbocycles. The van der Waals surface area contributed by atoms with Crippen LogP contribution >= 0.6 is 0 Å².